The molecule has 0 aliphatic carbocycles. The molecule has 7 heteroatoms. The fourth-order valence-corrected chi connectivity index (χ4v) is 3.49. The fraction of sp³-hybridized carbons (Fsp3) is 0.450. The van der Waals surface area contributed by atoms with Crippen molar-refractivity contribution < 1.29 is 14.3 Å². The molecule has 146 valence electrons. The Balaban J connectivity index is 1.94. The lowest BCUT2D eigenvalue weighted by atomic mass is 10.2. The van der Waals surface area contributed by atoms with Crippen LogP contribution < -0.4 is 5.32 Å². The largest absolute Gasteiger partial charge is 0.448 e. The van der Waals surface area contributed by atoms with Gasteiger partial charge in [0.2, 0.25) is 0 Å². The highest BCUT2D eigenvalue weighted by Gasteiger charge is 2.28. The molecule has 1 heterocycles. The quantitative estimate of drug-likeness (QED) is 0.692. The molecule has 1 aromatic carbocycles. The van der Waals surface area contributed by atoms with E-state index in [2.05, 4.69) is 10.3 Å². The van der Waals surface area contributed by atoms with Crippen LogP contribution in [0.5, 0.6) is 0 Å². The van der Waals surface area contributed by atoms with Gasteiger partial charge in [-0.2, -0.15) is 0 Å². The van der Waals surface area contributed by atoms with Gasteiger partial charge < -0.3 is 15.0 Å². The topological polar surface area (TPSA) is 71.5 Å². The minimum Gasteiger partial charge on any atom is -0.448 e. The molecule has 0 radical (unpaired) electrons. The molecule has 2 rings (SSSR count). The molecular formula is C20H27N3O3S. The number of nitrogens with zero attached hydrogens (tertiary/aromatic N) is 2. The van der Waals surface area contributed by atoms with Crippen LogP contribution in [0.15, 0.2) is 35.7 Å². The zero-order valence-electron chi connectivity index (χ0n) is 16.4. The lowest BCUT2D eigenvalue weighted by Gasteiger charge is -2.32. The maximum absolute atomic E-state index is 12.6. The Morgan fingerprint density at radius 2 is 1.74 bits per heavy atom. The summed E-state index contributed by atoms with van der Waals surface area (Å²) < 4.78 is 5.34. The van der Waals surface area contributed by atoms with E-state index in [1.54, 1.807) is 17.2 Å². The Bertz CT molecular complexity index is 751. The number of carbonyl (C=O) groups is 2. The minimum absolute atomic E-state index is 0.0340. The molecule has 6 nitrogen and oxygen atoms in total. The number of amides is 1. The summed E-state index contributed by atoms with van der Waals surface area (Å²) in [4.78, 5) is 30.9. The van der Waals surface area contributed by atoms with Crippen molar-refractivity contribution in [2.75, 3.05) is 5.32 Å². The first-order valence-electron chi connectivity index (χ1n) is 9.06. The van der Waals surface area contributed by atoms with Crippen molar-refractivity contribution in [3.63, 3.8) is 0 Å². The van der Waals surface area contributed by atoms with E-state index in [0.29, 0.717) is 11.7 Å². The number of rotatable bonds is 8. The van der Waals surface area contributed by atoms with E-state index >= 15 is 0 Å². The molecule has 2 aromatic rings. The number of aromatic nitrogens is 1. The summed E-state index contributed by atoms with van der Waals surface area (Å²) in [6.07, 6.45) is -0.857. The van der Waals surface area contributed by atoms with Gasteiger partial charge in [-0.25, -0.2) is 9.78 Å². The Labute approximate surface area is 164 Å². The van der Waals surface area contributed by atoms with Crippen LogP contribution in [0.3, 0.4) is 0 Å². The van der Waals surface area contributed by atoms with Crippen LogP contribution in [0, 0.1) is 0 Å². The molecule has 1 aromatic heterocycles. The first-order chi connectivity index (χ1) is 12.8. The van der Waals surface area contributed by atoms with Gasteiger partial charge in [0.25, 0.3) is 5.91 Å². The van der Waals surface area contributed by atoms with E-state index in [-0.39, 0.29) is 23.7 Å². The summed E-state index contributed by atoms with van der Waals surface area (Å²) >= 11 is 1.33. The summed E-state index contributed by atoms with van der Waals surface area (Å²) in [7, 11) is 0. The van der Waals surface area contributed by atoms with Crippen molar-refractivity contribution in [2.45, 2.75) is 59.4 Å². The zero-order chi connectivity index (χ0) is 20.0. The number of benzene rings is 1. The second-order valence-electron chi connectivity index (χ2n) is 6.86. The molecule has 1 N–H and O–H groups in total. The van der Waals surface area contributed by atoms with Crippen LogP contribution in [-0.2, 0) is 16.1 Å². The second kappa shape index (κ2) is 9.50. The zero-order valence-corrected chi connectivity index (χ0v) is 17.2. The van der Waals surface area contributed by atoms with Gasteiger partial charge in [-0.05, 0) is 40.2 Å². The molecular weight excluding hydrogens is 362 g/mol. The number of nitrogens with one attached hydrogen (secondary N) is 1. The molecule has 0 fully saturated rings. The van der Waals surface area contributed by atoms with Crippen molar-refractivity contribution in [2.24, 2.45) is 0 Å². The maximum Gasteiger partial charge on any atom is 0.358 e. The minimum atomic E-state index is -0.857. The van der Waals surface area contributed by atoms with E-state index in [9.17, 15) is 9.59 Å². The highest BCUT2D eigenvalue weighted by atomic mass is 32.1. The predicted molar refractivity (Wildman–Crippen MR) is 108 cm³/mol. The van der Waals surface area contributed by atoms with Crippen molar-refractivity contribution in [3.8, 4) is 0 Å². The molecule has 1 amide bonds. The van der Waals surface area contributed by atoms with Gasteiger partial charge in [0.05, 0.1) is 0 Å². The van der Waals surface area contributed by atoms with Gasteiger partial charge in [-0.15, -0.1) is 11.3 Å². The van der Waals surface area contributed by atoms with E-state index in [1.807, 2.05) is 58.0 Å². The van der Waals surface area contributed by atoms with Gasteiger partial charge in [-0.1, -0.05) is 30.3 Å². The lowest BCUT2D eigenvalue weighted by molar-refractivity contribution is -0.143. The number of esters is 1. The van der Waals surface area contributed by atoms with Crippen LogP contribution in [0.4, 0.5) is 5.13 Å². The standard InChI is InChI=1S/C20H27N3O3S/c1-13(2)23(14(3)4)18(24)15(5)26-19(25)17-12-27-20(22-17)21-11-16-9-7-6-8-10-16/h6-10,12-15H,11H2,1-5H3,(H,21,22)/t15-/m0/s1. The average Bonchev–Trinajstić information content (AvgIpc) is 3.09. The number of carbonyl (C=O) groups excluding carboxylic acids is 2. The second-order valence-corrected chi connectivity index (χ2v) is 7.72. The highest BCUT2D eigenvalue weighted by molar-refractivity contribution is 7.13. The fourth-order valence-electron chi connectivity index (χ4n) is 2.81. The molecule has 0 saturated carbocycles. The van der Waals surface area contributed by atoms with Gasteiger partial charge in [0, 0.05) is 24.0 Å². The summed E-state index contributed by atoms with van der Waals surface area (Å²) in [6.45, 7) is 9.98. The first-order valence-corrected chi connectivity index (χ1v) is 9.94. The van der Waals surface area contributed by atoms with Gasteiger partial charge in [0.1, 0.15) is 0 Å². The van der Waals surface area contributed by atoms with E-state index < -0.39 is 12.1 Å². The van der Waals surface area contributed by atoms with Crippen molar-refractivity contribution in [3.05, 3.63) is 47.0 Å². The normalized spacial score (nSPS) is 12.1. The van der Waals surface area contributed by atoms with E-state index in [4.69, 9.17) is 4.74 Å². The molecule has 0 aliphatic rings. The monoisotopic (exact) mass is 389 g/mol. The Hall–Kier alpha value is -2.41. The Kier molecular flexibility index (Phi) is 7.36. The van der Waals surface area contributed by atoms with Gasteiger partial charge in [0.15, 0.2) is 16.9 Å². The number of ether oxygens (including phenoxy) is 1. The number of anilines is 1. The molecule has 1 atom stereocenters. The summed E-state index contributed by atoms with van der Waals surface area (Å²) in [5.74, 6) is -0.793. The lowest BCUT2D eigenvalue weighted by Crippen LogP contribution is -2.47. The summed E-state index contributed by atoms with van der Waals surface area (Å²) in [5, 5.41) is 5.45. The summed E-state index contributed by atoms with van der Waals surface area (Å²) in [5.41, 5.74) is 1.33. The Morgan fingerprint density at radius 3 is 2.33 bits per heavy atom. The third-order valence-corrected chi connectivity index (χ3v) is 4.80. The van der Waals surface area contributed by atoms with Crippen molar-refractivity contribution in [1.82, 2.24) is 9.88 Å². The third kappa shape index (κ3) is 5.79. The van der Waals surface area contributed by atoms with Crippen LogP contribution in [0.25, 0.3) is 0 Å². The predicted octanol–water partition coefficient (Wildman–Crippen LogP) is 3.95. The molecule has 0 saturated heterocycles. The van der Waals surface area contributed by atoms with Crippen LogP contribution in [-0.4, -0.2) is 39.9 Å². The average molecular weight is 390 g/mol. The maximum atomic E-state index is 12.6. The molecule has 0 unspecified atom stereocenters. The number of hydrogen-bond donors (Lipinski definition) is 1. The SMILES string of the molecule is CC(C)N(C(=O)[C@H](C)OC(=O)c1csc(NCc2ccccc2)n1)C(C)C. The highest BCUT2D eigenvalue weighted by Crippen LogP contribution is 2.18. The van der Waals surface area contributed by atoms with E-state index in [1.165, 1.54) is 11.3 Å². The number of thiazole rings is 1. The molecule has 0 aliphatic heterocycles. The van der Waals surface area contributed by atoms with Crippen LogP contribution >= 0.6 is 11.3 Å². The molecule has 0 spiro atoms. The van der Waals surface area contributed by atoms with Crippen LogP contribution in [0.1, 0.15) is 50.7 Å². The van der Waals surface area contributed by atoms with Crippen molar-refractivity contribution in [1.29, 1.82) is 0 Å². The third-order valence-electron chi connectivity index (χ3n) is 4.00. The Morgan fingerprint density at radius 1 is 1.11 bits per heavy atom. The molecule has 0 bridgehead atoms. The van der Waals surface area contributed by atoms with Crippen molar-refractivity contribution >= 4 is 28.3 Å². The molecule has 27 heavy (non-hydrogen) atoms. The van der Waals surface area contributed by atoms with E-state index in [0.717, 1.165) is 5.56 Å². The summed E-state index contributed by atoms with van der Waals surface area (Å²) in [6, 6.07) is 9.99. The van der Waals surface area contributed by atoms with Gasteiger partial charge in [-0.3, -0.25) is 4.79 Å². The van der Waals surface area contributed by atoms with Gasteiger partial charge >= 0.3 is 5.97 Å². The smallest absolute Gasteiger partial charge is 0.358 e. The van der Waals surface area contributed by atoms with Crippen LogP contribution in [0.2, 0.25) is 0 Å². The number of hydrogen-bond acceptors (Lipinski definition) is 6. The first kappa shape index (κ1) is 20.9.